The lowest BCUT2D eigenvalue weighted by Gasteiger charge is -2.08. The molecule has 0 amide bonds. The van der Waals surface area contributed by atoms with E-state index in [1.165, 1.54) is 10.8 Å². The lowest BCUT2D eigenvalue weighted by molar-refractivity contribution is 0.415. The van der Waals surface area contributed by atoms with Crippen molar-refractivity contribution < 1.29 is 4.74 Å². The molecule has 22 heavy (non-hydrogen) atoms. The van der Waals surface area contributed by atoms with E-state index in [4.69, 9.17) is 9.72 Å². The first-order valence-electron chi connectivity index (χ1n) is 7.28. The molecule has 4 rings (SSSR count). The number of rotatable bonds is 2. The summed E-state index contributed by atoms with van der Waals surface area (Å²) in [4.78, 5) is 4.82. The molecule has 0 fully saturated rings. The Hall–Kier alpha value is -2.87. The molecule has 0 saturated heterocycles. The fourth-order valence-electron chi connectivity index (χ4n) is 2.83. The van der Waals surface area contributed by atoms with Crippen molar-refractivity contribution in [1.29, 1.82) is 0 Å². The Morgan fingerprint density at radius 2 is 1.64 bits per heavy atom. The average Bonchev–Trinajstić information content (AvgIpc) is 2.60. The summed E-state index contributed by atoms with van der Waals surface area (Å²) in [6.45, 7) is 0. The van der Waals surface area contributed by atoms with Crippen LogP contribution >= 0.6 is 0 Å². The Bertz CT molecular complexity index is 970. The SMILES string of the molecule is COc1ccc2nc(-c3cccc4ccccc34)ccc2c1. The average molecular weight is 285 g/mol. The van der Waals surface area contributed by atoms with Crippen LogP contribution in [0.4, 0.5) is 0 Å². The van der Waals surface area contributed by atoms with Crippen LogP contribution in [0.5, 0.6) is 5.75 Å². The minimum Gasteiger partial charge on any atom is -0.497 e. The molecule has 106 valence electrons. The van der Waals surface area contributed by atoms with Crippen LogP contribution in [0, 0.1) is 0 Å². The van der Waals surface area contributed by atoms with Gasteiger partial charge in [-0.15, -0.1) is 0 Å². The number of fused-ring (bicyclic) bond motifs is 2. The second kappa shape index (κ2) is 5.15. The van der Waals surface area contributed by atoms with Gasteiger partial charge in [0.1, 0.15) is 5.75 Å². The van der Waals surface area contributed by atoms with E-state index >= 15 is 0 Å². The maximum Gasteiger partial charge on any atom is 0.119 e. The molecule has 0 aliphatic heterocycles. The Morgan fingerprint density at radius 1 is 0.773 bits per heavy atom. The number of methoxy groups -OCH3 is 1. The van der Waals surface area contributed by atoms with Gasteiger partial charge in [0.15, 0.2) is 0 Å². The van der Waals surface area contributed by atoms with Gasteiger partial charge in [-0.05, 0) is 35.0 Å². The zero-order chi connectivity index (χ0) is 14.9. The van der Waals surface area contributed by atoms with E-state index in [1.54, 1.807) is 7.11 Å². The topological polar surface area (TPSA) is 22.1 Å². The number of aromatic nitrogens is 1. The first-order chi connectivity index (χ1) is 10.8. The van der Waals surface area contributed by atoms with E-state index in [1.807, 2.05) is 18.2 Å². The van der Waals surface area contributed by atoms with E-state index in [2.05, 4.69) is 54.6 Å². The quantitative estimate of drug-likeness (QED) is 0.513. The van der Waals surface area contributed by atoms with E-state index in [0.717, 1.165) is 27.9 Å². The van der Waals surface area contributed by atoms with Gasteiger partial charge >= 0.3 is 0 Å². The van der Waals surface area contributed by atoms with Crippen LogP contribution < -0.4 is 4.74 Å². The molecule has 0 aliphatic carbocycles. The summed E-state index contributed by atoms with van der Waals surface area (Å²) in [5, 5.41) is 3.55. The molecule has 2 nitrogen and oxygen atoms in total. The lowest BCUT2D eigenvalue weighted by atomic mass is 10.0. The number of ether oxygens (including phenoxy) is 1. The fraction of sp³-hybridized carbons (Fsp3) is 0.0500. The van der Waals surface area contributed by atoms with E-state index < -0.39 is 0 Å². The largest absolute Gasteiger partial charge is 0.497 e. The van der Waals surface area contributed by atoms with Gasteiger partial charge in [-0.2, -0.15) is 0 Å². The van der Waals surface area contributed by atoms with Gasteiger partial charge in [0.05, 0.1) is 18.3 Å². The van der Waals surface area contributed by atoms with Gasteiger partial charge < -0.3 is 4.74 Å². The van der Waals surface area contributed by atoms with Crippen LogP contribution in [0.1, 0.15) is 0 Å². The van der Waals surface area contributed by atoms with Crippen LogP contribution in [-0.4, -0.2) is 12.1 Å². The minimum atomic E-state index is 0.854. The third-order valence-corrected chi connectivity index (χ3v) is 3.96. The second-order valence-corrected chi connectivity index (χ2v) is 5.28. The monoisotopic (exact) mass is 285 g/mol. The van der Waals surface area contributed by atoms with Crippen LogP contribution in [-0.2, 0) is 0 Å². The molecule has 1 aromatic heterocycles. The molecule has 0 spiro atoms. The molecule has 0 bridgehead atoms. The molecule has 0 N–H and O–H groups in total. The summed E-state index contributed by atoms with van der Waals surface area (Å²) < 4.78 is 5.27. The predicted octanol–water partition coefficient (Wildman–Crippen LogP) is 5.06. The highest BCUT2D eigenvalue weighted by molar-refractivity contribution is 5.96. The molecule has 0 atom stereocenters. The summed E-state index contributed by atoms with van der Waals surface area (Å²) in [5.74, 6) is 0.854. The molecule has 0 saturated carbocycles. The molecule has 4 aromatic rings. The minimum absolute atomic E-state index is 0.854. The Morgan fingerprint density at radius 3 is 2.55 bits per heavy atom. The van der Waals surface area contributed by atoms with E-state index in [9.17, 15) is 0 Å². The van der Waals surface area contributed by atoms with Gasteiger partial charge in [0.25, 0.3) is 0 Å². The third-order valence-electron chi connectivity index (χ3n) is 3.96. The van der Waals surface area contributed by atoms with Gasteiger partial charge in [-0.1, -0.05) is 48.5 Å². The normalized spacial score (nSPS) is 11.0. The molecule has 0 aliphatic rings. The maximum absolute atomic E-state index is 5.27. The highest BCUT2D eigenvalue weighted by Gasteiger charge is 2.06. The summed E-state index contributed by atoms with van der Waals surface area (Å²) >= 11 is 0. The number of hydrogen-bond donors (Lipinski definition) is 0. The smallest absolute Gasteiger partial charge is 0.119 e. The Balaban J connectivity index is 1.93. The van der Waals surface area contributed by atoms with Crippen molar-refractivity contribution in [2.75, 3.05) is 7.11 Å². The summed E-state index contributed by atoms with van der Waals surface area (Å²) in [6.07, 6.45) is 0. The number of nitrogens with zero attached hydrogens (tertiary/aromatic N) is 1. The molecule has 2 heteroatoms. The van der Waals surface area contributed by atoms with Crippen molar-refractivity contribution in [2.45, 2.75) is 0 Å². The van der Waals surface area contributed by atoms with Crippen LogP contribution in [0.25, 0.3) is 32.9 Å². The Kier molecular flexibility index (Phi) is 3.01. The first kappa shape index (κ1) is 12.8. The number of pyridine rings is 1. The number of hydrogen-bond acceptors (Lipinski definition) is 2. The van der Waals surface area contributed by atoms with Crippen molar-refractivity contribution in [3.8, 4) is 17.0 Å². The van der Waals surface area contributed by atoms with Crippen molar-refractivity contribution >= 4 is 21.7 Å². The fourth-order valence-corrected chi connectivity index (χ4v) is 2.83. The maximum atomic E-state index is 5.27. The molecule has 3 aromatic carbocycles. The molecule has 0 radical (unpaired) electrons. The van der Waals surface area contributed by atoms with Gasteiger partial charge in [0.2, 0.25) is 0 Å². The van der Waals surface area contributed by atoms with Gasteiger partial charge in [-0.3, -0.25) is 0 Å². The van der Waals surface area contributed by atoms with E-state index in [0.29, 0.717) is 0 Å². The van der Waals surface area contributed by atoms with E-state index in [-0.39, 0.29) is 0 Å². The highest BCUT2D eigenvalue weighted by Crippen LogP contribution is 2.29. The van der Waals surface area contributed by atoms with Crippen molar-refractivity contribution in [1.82, 2.24) is 4.98 Å². The predicted molar refractivity (Wildman–Crippen MR) is 91.2 cm³/mol. The molecular formula is C20H15NO. The van der Waals surface area contributed by atoms with Crippen LogP contribution in [0.2, 0.25) is 0 Å². The molecule has 1 heterocycles. The summed E-state index contributed by atoms with van der Waals surface area (Å²) in [5.41, 5.74) is 3.14. The van der Waals surface area contributed by atoms with Crippen LogP contribution in [0.15, 0.2) is 72.8 Å². The number of benzene rings is 3. The zero-order valence-corrected chi connectivity index (χ0v) is 12.3. The van der Waals surface area contributed by atoms with Crippen molar-refractivity contribution in [3.05, 3.63) is 72.8 Å². The highest BCUT2D eigenvalue weighted by atomic mass is 16.5. The zero-order valence-electron chi connectivity index (χ0n) is 12.3. The van der Waals surface area contributed by atoms with Crippen molar-refractivity contribution in [3.63, 3.8) is 0 Å². The third kappa shape index (κ3) is 2.09. The molecular weight excluding hydrogens is 270 g/mol. The Labute approximate surface area is 129 Å². The second-order valence-electron chi connectivity index (χ2n) is 5.28. The summed E-state index contributed by atoms with van der Waals surface area (Å²) in [7, 11) is 1.68. The summed E-state index contributed by atoms with van der Waals surface area (Å²) in [6, 6.07) is 24.9. The molecule has 0 unspecified atom stereocenters. The van der Waals surface area contributed by atoms with Crippen LogP contribution in [0.3, 0.4) is 0 Å². The van der Waals surface area contributed by atoms with Gasteiger partial charge in [-0.25, -0.2) is 4.98 Å². The first-order valence-corrected chi connectivity index (χ1v) is 7.28. The van der Waals surface area contributed by atoms with Gasteiger partial charge in [0, 0.05) is 10.9 Å². The standard InChI is InChI=1S/C20H15NO/c1-22-16-10-12-19-15(13-16)9-11-20(21-19)18-8-4-6-14-5-2-3-7-17(14)18/h2-13H,1H3. The van der Waals surface area contributed by atoms with Crippen molar-refractivity contribution in [2.24, 2.45) is 0 Å². The lowest BCUT2D eigenvalue weighted by Crippen LogP contribution is -1.88.